The number of likely N-dealkylation sites (tertiary alicyclic amines) is 1. The van der Waals surface area contributed by atoms with Gasteiger partial charge < -0.3 is 25.3 Å². The van der Waals surface area contributed by atoms with E-state index < -0.39 is 0 Å². The molecule has 6 rings (SSSR count). The zero-order valence-electron chi connectivity index (χ0n) is 23.3. The van der Waals surface area contributed by atoms with Gasteiger partial charge in [-0.2, -0.15) is 4.98 Å². The first-order valence-electron chi connectivity index (χ1n) is 14.5. The number of carbonyl (C=O) groups is 1. The van der Waals surface area contributed by atoms with Crippen molar-refractivity contribution in [3.8, 4) is 11.1 Å². The van der Waals surface area contributed by atoms with Gasteiger partial charge in [0.05, 0.1) is 5.39 Å². The third-order valence-corrected chi connectivity index (χ3v) is 9.99. The zero-order valence-corrected chi connectivity index (χ0v) is 24.1. The summed E-state index contributed by atoms with van der Waals surface area (Å²) in [5.41, 5.74) is 8.02. The van der Waals surface area contributed by atoms with Gasteiger partial charge in [0.1, 0.15) is 10.6 Å². The predicted octanol–water partition coefficient (Wildman–Crippen LogP) is 3.91. The summed E-state index contributed by atoms with van der Waals surface area (Å²) in [4.78, 5) is 32.9. The van der Waals surface area contributed by atoms with Crippen molar-refractivity contribution < 1.29 is 4.79 Å². The number of aromatic nitrogens is 2. The van der Waals surface area contributed by atoms with E-state index in [0.29, 0.717) is 6.04 Å². The van der Waals surface area contributed by atoms with Crippen molar-refractivity contribution in [2.24, 2.45) is 17.6 Å². The van der Waals surface area contributed by atoms with Crippen molar-refractivity contribution in [3.63, 3.8) is 0 Å². The Bertz CT molecular complexity index is 1280. The Morgan fingerprint density at radius 3 is 2.38 bits per heavy atom. The Morgan fingerprint density at radius 2 is 1.72 bits per heavy atom. The van der Waals surface area contributed by atoms with Gasteiger partial charge in [0.15, 0.2) is 0 Å². The lowest BCUT2D eigenvalue weighted by Gasteiger charge is -2.37. The fourth-order valence-corrected chi connectivity index (χ4v) is 7.57. The summed E-state index contributed by atoms with van der Waals surface area (Å²) in [6.45, 7) is 7.14. The molecule has 1 atom stereocenters. The van der Waals surface area contributed by atoms with Crippen LogP contribution in [0.15, 0.2) is 35.7 Å². The molecule has 9 heteroatoms. The number of piperidine rings is 2. The highest BCUT2D eigenvalue weighted by Gasteiger charge is 2.30. The number of hydrogen-bond donors (Lipinski definition) is 1. The Morgan fingerprint density at radius 1 is 1.00 bits per heavy atom. The van der Waals surface area contributed by atoms with Crippen molar-refractivity contribution in [2.45, 2.75) is 38.1 Å². The van der Waals surface area contributed by atoms with Crippen LogP contribution in [0.2, 0.25) is 0 Å². The summed E-state index contributed by atoms with van der Waals surface area (Å²) in [6.07, 6.45) is 5.18. The number of likely N-dealkylation sites (N-methyl/N-ethyl adjacent to an activating group) is 2. The molecule has 0 saturated carbocycles. The number of carbonyl (C=O) groups excluding carboxylic acids is 1. The third-order valence-electron chi connectivity index (χ3n) is 9.12. The van der Waals surface area contributed by atoms with Gasteiger partial charge in [-0.15, -0.1) is 11.3 Å². The van der Waals surface area contributed by atoms with E-state index in [-0.39, 0.29) is 11.8 Å². The van der Waals surface area contributed by atoms with E-state index in [2.05, 4.69) is 69.4 Å². The van der Waals surface area contributed by atoms with Crippen molar-refractivity contribution in [3.05, 3.63) is 35.7 Å². The predicted molar refractivity (Wildman–Crippen MR) is 160 cm³/mol. The van der Waals surface area contributed by atoms with Gasteiger partial charge in [0.2, 0.25) is 11.9 Å². The molecule has 208 valence electrons. The normalized spacial score (nSPS) is 21.9. The van der Waals surface area contributed by atoms with E-state index >= 15 is 0 Å². The van der Waals surface area contributed by atoms with Gasteiger partial charge >= 0.3 is 0 Å². The van der Waals surface area contributed by atoms with Crippen LogP contribution >= 0.6 is 11.3 Å². The van der Waals surface area contributed by atoms with Crippen molar-refractivity contribution in [1.29, 1.82) is 0 Å². The molecule has 3 fully saturated rings. The molecule has 1 unspecified atom stereocenters. The second-order valence-corrected chi connectivity index (χ2v) is 12.6. The molecule has 8 nitrogen and oxygen atoms in total. The lowest BCUT2D eigenvalue weighted by Crippen LogP contribution is -2.42. The Labute approximate surface area is 235 Å². The highest BCUT2D eigenvalue weighted by atomic mass is 32.1. The molecule has 0 aliphatic carbocycles. The first kappa shape index (κ1) is 26.5. The minimum absolute atomic E-state index is 0.0438. The molecule has 0 spiro atoms. The highest BCUT2D eigenvalue weighted by Crippen LogP contribution is 2.40. The van der Waals surface area contributed by atoms with Crippen LogP contribution in [-0.2, 0) is 4.79 Å². The van der Waals surface area contributed by atoms with E-state index in [1.54, 1.807) is 11.3 Å². The van der Waals surface area contributed by atoms with Crippen LogP contribution in [-0.4, -0.2) is 91.6 Å². The van der Waals surface area contributed by atoms with E-state index in [0.717, 1.165) is 61.5 Å². The smallest absolute Gasteiger partial charge is 0.228 e. The number of rotatable bonds is 7. The van der Waals surface area contributed by atoms with E-state index in [1.807, 2.05) is 0 Å². The average Bonchev–Trinajstić information content (AvgIpc) is 3.60. The third kappa shape index (κ3) is 5.62. The number of anilines is 2. The second-order valence-electron chi connectivity index (χ2n) is 11.8. The van der Waals surface area contributed by atoms with E-state index in [9.17, 15) is 4.79 Å². The summed E-state index contributed by atoms with van der Waals surface area (Å²) >= 11 is 1.70. The molecule has 2 aromatic heterocycles. The summed E-state index contributed by atoms with van der Waals surface area (Å²) in [7, 11) is 4.55. The minimum atomic E-state index is -0.189. The molecular weight excluding hydrogens is 506 g/mol. The summed E-state index contributed by atoms with van der Waals surface area (Å²) in [5.74, 6) is 2.34. The Balaban J connectivity index is 1.25. The van der Waals surface area contributed by atoms with Gasteiger partial charge in [-0.05, 0) is 64.2 Å². The van der Waals surface area contributed by atoms with Crippen molar-refractivity contribution in [1.82, 2.24) is 19.8 Å². The van der Waals surface area contributed by atoms with E-state index in [4.69, 9.17) is 15.7 Å². The van der Waals surface area contributed by atoms with Crippen LogP contribution in [0, 0.1) is 11.8 Å². The van der Waals surface area contributed by atoms with Crippen LogP contribution < -0.4 is 15.5 Å². The number of fused-ring (bicyclic) bond motifs is 1. The molecule has 2 N–H and O–H groups in total. The highest BCUT2D eigenvalue weighted by molar-refractivity contribution is 7.17. The largest absolute Gasteiger partial charge is 0.369 e. The second kappa shape index (κ2) is 11.4. The molecule has 0 radical (unpaired) electrons. The van der Waals surface area contributed by atoms with Gasteiger partial charge in [-0.3, -0.25) is 4.79 Å². The van der Waals surface area contributed by atoms with Crippen LogP contribution in [0.1, 0.15) is 32.1 Å². The first-order valence-corrected chi connectivity index (χ1v) is 15.4. The molecule has 5 heterocycles. The monoisotopic (exact) mass is 547 g/mol. The number of nitrogens with zero attached hydrogens (tertiary/aromatic N) is 6. The van der Waals surface area contributed by atoms with Crippen LogP contribution in [0.3, 0.4) is 0 Å². The first-order chi connectivity index (χ1) is 19.0. The lowest BCUT2D eigenvalue weighted by molar-refractivity contribution is -0.122. The van der Waals surface area contributed by atoms with Gasteiger partial charge in [0, 0.05) is 62.2 Å². The SMILES string of the molecule is CN1CCC(N(C)CC2CCN(c3nc(N4CCC(C(N)=O)CC4)nc4scc(-c5ccccc5)c34)CC2)C1. The fourth-order valence-electron chi connectivity index (χ4n) is 6.63. The van der Waals surface area contributed by atoms with Gasteiger partial charge in [0.25, 0.3) is 0 Å². The summed E-state index contributed by atoms with van der Waals surface area (Å²) < 4.78 is 0. The Kier molecular flexibility index (Phi) is 7.73. The molecule has 3 aliphatic heterocycles. The van der Waals surface area contributed by atoms with Gasteiger partial charge in [-0.25, -0.2) is 4.98 Å². The maximum absolute atomic E-state index is 11.7. The molecule has 3 saturated heterocycles. The Hall–Kier alpha value is -2.75. The number of hydrogen-bond acceptors (Lipinski definition) is 8. The number of amides is 1. The molecule has 39 heavy (non-hydrogen) atoms. The number of primary amides is 1. The molecule has 0 bridgehead atoms. The lowest BCUT2D eigenvalue weighted by atomic mass is 9.95. The molecule has 1 amide bonds. The quantitative estimate of drug-likeness (QED) is 0.480. The topological polar surface area (TPSA) is 81.8 Å². The van der Waals surface area contributed by atoms with Crippen molar-refractivity contribution in [2.75, 3.05) is 69.7 Å². The summed E-state index contributed by atoms with van der Waals surface area (Å²) in [6, 6.07) is 11.3. The van der Waals surface area contributed by atoms with Crippen LogP contribution in [0.5, 0.6) is 0 Å². The maximum Gasteiger partial charge on any atom is 0.228 e. The number of benzene rings is 1. The summed E-state index contributed by atoms with van der Waals surface area (Å²) in [5, 5.41) is 3.41. The van der Waals surface area contributed by atoms with Crippen LogP contribution in [0.4, 0.5) is 11.8 Å². The molecule has 3 aliphatic rings. The standard InChI is InChI=1S/C30H41N7OS/c1-34-13-12-24(19-34)35(2)18-21-8-14-36(15-9-21)28-26-25(22-6-4-3-5-7-22)20-39-29(26)33-30(32-28)37-16-10-23(11-17-37)27(31)38/h3-7,20-21,23-24H,8-19H2,1-2H3,(H2,31,38). The molecule has 3 aromatic rings. The molecule has 1 aromatic carbocycles. The minimum Gasteiger partial charge on any atom is -0.369 e. The average molecular weight is 548 g/mol. The zero-order chi connectivity index (χ0) is 26.9. The van der Waals surface area contributed by atoms with Gasteiger partial charge in [-0.1, -0.05) is 30.3 Å². The number of nitrogens with two attached hydrogens (primary N) is 1. The van der Waals surface area contributed by atoms with Crippen LogP contribution in [0.25, 0.3) is 21.3 Å². The molecular formula is C30H41N7OS. The fraction of sp³-hybridized carbons (Fsp3) is 0.567. The van der Waals surface area contributed by atoms with Crippen molar-refractivity contribution >= 4 is 39.2 Å². The number of thiophene rings is 1. The maximum atomic E-state index is 11.7. The van der Waals surface area contributed by atoms with E-state index in [1.165, 1.54) is 55.4 Å².